The lowest BCUT2D eigenvalue weighted by molar-refractivity contribution is 0.141. The average Bonchev–Trinajstić information content (AvgIpc) is 3.13. The lowest BCUT2D eigenvalue weighted by atomic mass is 9.95. The average molecular weight is 484 g/mol. The third kappa shape index (κ3) is 4.38. The predicted octanol–water partition coefficient (Wildman–Crippen LogP) is 7.74. The molecule has 5 nitrogen and oxygen atoms in total. The minimum atomic E-state index is -1.42. The van der Waals surface area contributed by atoms with Crippen molar-refractivity contribution in [3.8, 4) is 22.8 Å². The summed E-state index contributed by atoms with van der Waals surface area (Å²) >= 11 is 0. The van der Waals surface area contributed by atoms with Crippen LogP contribution in [-0.2, 0) is 6.54 Å². The first-order chi connectivity index (χ1) is 17.4. The monoisotopic (exact) mass is 483 g/mol. The van der Waals surface area contributed by atoms with E-state index in [1.54, 1.807) is 10.6 Å². The lowest BCUT2D eigenvalue weighted by Crippen LogP contribution is -2.11. The SMILES string of the molecule is Cc1cccc(C)c1-c1c(OC(=O)O)n(CCCOc2cccc3ccccc23)c2ccc(F)cc12. The Morgan fingerprint density at radius 3 is 2.39 bits per heavy atom. The molecule has 36 heavy (non-hydrogen) atoms. The first-order valence-corrected chi connectivity index (χ1v) is 11.8. The van der Waals surface area contributed by atoms with Crippen molar-refractivity contribution < 1.29 is 23.8 Å². The molecule has 0 saturated carbocycles. The Bertz CT molecular complexity index is 1560. The van der Waals surface area contributed by atoms with Gasteiger partial charge in [-0.05, 0) is 66.6 Å². The summed E-state index contributed by atoms with van der Waals surface area (Å²) in [6, 6.07) is 24.3. The number of halogens is 1. The van der Waals surface area contributed by atoms with Gasteiger partial charge in [0.15, 0.2) is 0 Å². The molecule has 0 aliphatic carbocycles. The van der Waals surface area contributed by atoms with Crippen LogP contribution in [0.5, 0.6) is 11.6 Å². The number of hydrogen-bond acceptors (Lipinski definition) is 3. The van der Waals surface area contributed by atoms with Crippen LogP contribution >= 0.6 is 0 Å². The quantitative estimate of drug-likeness (QED) is 0.190. The number of nitrogens with zero attached hydrogens (tertiary/aromatic N) is 1. The van der Waals surface area contributed by atoms with Crippen LogP contribution in [0.2, 0.25) is 0 Å². The van der Waals surface area contributed by atoms with Crippen molar-refractivity contribution in [3.63, 3.8) is 0 Å². The highest BCUT2D eigenvalue weighted by Gasteiger charge is 2.24. The van der Waals surface area contributed by atoms with Crippen molar-refractivity contribution in [2.45, 2.75) is 26.8 Å². The predicted molar refractivity (Wildman–Crippen MR) is 140 cm³/mol. The second-order valence-corrected chi connectivity index (χ2v) is 8.81. The fraction of sp³-hybridized carbons (Fsp3) is 0.167. The highest BCUT2D eigenvalue weighted by atomic mass is 19.1. The molecule has 0 unspecified atom stereocenters. The highest BCUT2D eigenvalue weighted by molar-refractivity contribution is 6.02. The first kappa shape index (κ1) is 23.4. The number of benzene rings is 4. The fourth-order valence-corrected chi connectivity index (χ4v) is 4.89. The van der Waals surface area contributed by atoms with Crippen molar-refractivity contribution >= 4 is 27.8 Å². The Hall–Kier alpha value is -4.32. The maximum absolute atomic E-state index is 14.4. The van der Waals surface area contributed by atoms with Gasteiger partial charge in [0, 0.05) is 17.3 Å². The third-order valence-electron chi connectivity index (χ3n) is 6.43. The summed E-state index contributed by atoms with van der Waals surface area (Å²) in [5.74, 6) is 0.588. The van der Waals surface area contributed by atoms with Crippen LogP contribution in [0.4, 0.5) is 9.18 Å². The Morgan fingerprint density at radius 1 is 0.889 bits per heavy atom. The van der Waals surface area contributed by atoms with Gasteiger partial charge in [-0.1, -0.05) is 54.6 Å². The number of fused-ring (bicyclic) bond motifs is 2. The van der Waals surface area contributed by atoms with Crippen LogP contribution in [0.25, 0.3) is 32.8 Å². The van der Waals surface area contributed by atoms with Gasteiger partial charge in [0.2, 0.25) is 5.88 Å². The minimum Gasteiger partial charge on any atom is -0.493 e. The van der Waals surface area contributed by atoms with Crippen LogP contribution in [0.3, 0.4) is 0 Å². The Kier molecular flexibility index (Phi) is 6.34. The summed E-state index contributed by atoms with van der Waals surface area (Å²) in [5, 5.41) is 12.3. The largest absolute Gasteiger partial charge is 0.512 e. The van der Waals surface area contributed by atoms with Crippen molar-refractivity contribution in [2.75, 3.05) is 6.61 Å². The van der Waals surface area contributed by atoms with Gasteiger partial charge >= 0.3 is 6.16 Å². The zero-order chi connectivity index (χ0) is 25.2. The minimum absolute atomic E-state index is 0.186. The smallest absolute Gasteiger partial charge is 0.493 e. The van der Waals surface area contributed by atoms with Gasteiger partial charge in [-0.15, -0.1) is 0 Å². The third-order valence-corrected chi connectivity index (χ3v) is 6.43. The van der Waals surface area contributed by atoms with Crippen molar-refractivity contribution in [2.24, 2.45) is 0 Å². The van der Waals surface area contributed by atoms with E-state index in [0.717, 1.165) is 33.2 Å². The maximum Gasteiger partial charge on any atom is 0.512 e. The van der Waals surface area contributed by atoms with Gasteiger partial charge in [0.05, 0.1) is 17.7 Å². The summed E-state index contributed by atoms with van der Waals surface area (Å²) in [6.07, 6.45) is -0.828. The molecule has 0 spiro atoms. The van der Waals surface area contributed by atoms with Crippen LogP contribution in [-0.4, -0.2) is 22.4 Å². The fourth-order valence-electron chi connectivity index (χ4n) is 4.89. The normalized spacial score (nSPS) is 11.2. The Balaban J connectivity index is 1.52. The van der Waals surface area contributed by atoms with Gasteiger partial charge in [-0.2, -0.15) is 0 Å². The molecule has 0 saturated heterocycles. The second-order valence-electron chi connectivity index (χ2n) is 8.81. The highest BCUT2D eigenvalue weighted by Crippen LogP contribution is 2.43. The van der Waals surface area contributed by atoms with E-state index in [1.807, 2.05) is 74.5 Å². The molecule has 0 bridgehead atoms. The van der Waals surface area contributed by atoms with Crippen LogP contribution < -0.4 is 9.47 Å². The molecule has 4 aromatic carbocycles. The van der Waals surface area contributed by atoms with Gasteiger partial charge in [0.25, 0.3) is 0 Å². The van der Waals surface area contributed by atoms with Crippen LogP contribution in [0.15, 0.2) is 78.9 Å². The van der Waals surface area contributed by atoms with Crippen molar-refractivity contribution in [1.29, 1.82) is 0 Å². The summed E-state index contributed by atoms with van der Waals surface area (Å²) in [4.78, 5) is 11.7. The lowest BCUT2D eigenvalue weighted by Gasteiger charge is -2.14. The van der Waals surface area contributed by atoms with Crippen molar-refractivity contribution in [3.05, 3.63) is 95.8 Å². The number of aryl methyl sites for hydroxylation is 3. The Labute approximate surface area is 208 Å². The van der Waals surface area contributed by atoms with E-state index >= 15 is 0 Å². The number of carbonyl (C=O) groups is 1. The molecule has 6 heteroatoms. The summed E-state index contributed by atoms with van der Waals surface area (Å²) < 4.78 is 27.6. The van der Waals surface area contributed by atoms with Gasteiger partial charge in [-0.25, -0.2) is 9.18 Å². The summed E-state index contributed by atoms with van der Waals surface area (Å²) in [5.41, 5.74) is 4.03. The van der Waals surface area contributed by atoms with Gasteiger partial charge < -0.3 is 19.1 Å². The number of rotatable bonds is 7. The number of carboxylic acid groups (broad SMARTS) is 1. The van der Waals surface area contributed by atoms with E-state index < -0.39 is 12.0 Å². The molecule has 0 fully saturated rings. The topological polar surface area (TPSA) is 60.7 Å². The molecule has 5 aromatic rings. The number of ether oxygens (including phenoxy) is 2. The Morgan fingerprint density at radius 2 is 1.61 bits per heavy atom. The van der Waals surface area contributed by atoms with Crippen LogP contribution in [0.1, 0.15) is 17.5 Å². The molecule has 182 valence electrons. The summed E-state index contributed by atoms with van der Waals surface area (Å²) in [6.45, 7) is 4.75. The van der Waals surface area contributed by atoms with Crippen molar-refractivity contribution in [1.82, 2.24) is 4.57 Å². The molecule has 1 N–H and O–H groups in total. The van der Waals surface area contributed by atoms with E-state index in [1.165, 1.54) is 12.1 Å². The van der Waals surface area contributed by atoms with E-state index in [9.17, 15) is 14.3 Å². The molecule has 1 heterocycles. The number of hydrogen-bond donors (Lipinski definition) is 1. The molecule has 0 aliphatic heterocycles. The van der Waals surface area contributed by atoms with Gasteiger partial charge in [-0.3, -0.25) is 0 Å². The van der Waals surface area contributed by atoms with E-state index in [2.05, 4.69) is 0 Å². The maximum atomic E-state index is 14.4. The first-order valence-electron chi connectivity index (χ1n) is 11.8. The van der Waals surface area contributed by atoms with E-state index in [0.29, 0.717) is 36.0 Å². The van der Waals surface area contributed by atoms with Gasteiger partial charge in [0.1, 0.15) is 11.6 Å². The molecule has 0 aliphatic rings. The molecule has 0 amide bonds. The molecule has 1 aromatic heterocycles. The zero-order valence-electron chi connectivity index (χ0n) is 20.1. The zero-order valence-corrected chi connectivity index (χ0v) is 20.1. The molecule has 5 rings (SSSR count). The van der Waals surface area contributed by atoms with Crippen LogP contribution in [0, 0.1) is 19.7 Å². The molecule has 0 radical (unpaired) electrons. The summed E-state index contributed by atoms with van der Waals surface area (Å²) in [7, 11) is 0. The molecular formula is C30H26FNO4. The van der Waals surface area contributed by atoms with E-state index in [-0.39, 0.29) is 5.88 Å². The van der Waals surface area contributed by atoms with E-state index in [4.69, 9.17) is 9.47 Å². The molecule has 0 atom stereocenters. The molecular weight excluding hydrogens is 457 g/mol. The standard InChI is InChI=1S/C30H26FNO4/c1-19-8-5-9-20(2)27(19)28-24-18-22(31)14-15-25(24)32(29(28)36-30(33)34)16-7-17-35-26-13-6-11-21-10-3-4-12-23(21)26/h3-6,8-15,18H,7,16-17H2,1-2H3,(H,33,34). The second kappa shape index (κ2) is 9.74. The number of aromatic nitrogens is 1.